The molecule has 1 aromatic rings. The van der Waals surface area contributed by atoms with Gasteiger partial charge in [0, 0.05) is 45.7 Å². The Morgan fingerprint density at radius 3 is 3.05 bits per heavy atom. The summed E-state index contributed by atoms with van der Waals surface area (Å²) in [6.07, 6.45) is 3.64. The van der Waals surface area contributed by atoms with Crippen molar-refractivity contribution in [2.24, 2.45) is 5.92 Å². The van der Waals surface area contributed by atoms with Crippen molar-refractivity contribution in [2.45, 2.75) is 12.8 Å². The Morgan fingerprint density at radius 2 is 2.37 bits per heavy atom. The Labute approximate surface area is 113 Å². The summed E-state index contributed by atoms with van der Waals surface area (Å²) in [5.41, 5.74) is 1.52. The van der Waals surface area contributed by atoms with E-state index in [1.807, 2.05) is 12.1 Å². The molecule has 0 bridgehead atoms. The highest BCUT2D eigenvalue weighted by Gasteiger charge is 2.23. The Bertz CT molecular complexity index is 448. The van der Waals surface area contributed by atoms with Gasteiger partial charge in [-0.15, -0.1) is 0 Å². The van der Waals surface area contributed by atoms with Crippen molar-refractivity contribution in [2.75, 3.05) is 38.7 Å². The number of hydrogen-bond acceptors (Lipinski definition) is 4. The lowest BCUT2D eigenvalue weighted by atomic mass is 10.1. The monoisotopic (exact) mass is 263 g/mol. The van der Waals surface area contributed by atoms with Gasteiger partial charge in [-0.05, 0) is 30.9 Å². The first-order chi connectivity index (χ1) is 9.11. The van der Waals surface area contributed by atoms with E-state index in [-0.39, 0.29) is 12.5 Å². The normalized spacial score (nSPS) is 18.7. The first-order valence-corrected chi connectivity index (χ1v) is 6.65. The molecule has 104 valence electrons. The van der Waals surface area contributed by atoms with Crippen LogP contribution in [0.15, 0.2) is 18.3 Å². The Kier molecular flexibility index (Phi) is 4.37. The number of rotatable bonds is 4. The highest BCUT2D eigenvalue weighted by molar-refractivity contribution is 5.92. The van der Waals surface area contributed by atoms with Gasteiger partial charge in [0.15, 0.2) is 0 Å². The molecule has 2 rings (SSSR count). The van der Waals surface area contributed by atoms with Gasteiger partial charge >= 0.3 is 0 Å². The van der Waals surface area contributed by atoms with Gasteiger partial charge in [0.25, 0.3) is 5.91 Å². The molecule has 1 unspecified atom stereocenters. The van der Waals surface area contributed by atoms with Gasteiger partial charge < -0.3 is 14.9 Å². The van der Waals surface area contributed by atoms with Crippen molar-refractivity contribution in [3.8, 4) is 0 Å². The van der Waals surface area contributed by atoms with Gasteiger partial charge in [0.2, 0.25) is 0 Å². The fourth-order valence-electron chi connectivity index (χ4n) is 2.45. The lowest BCUT2D eigenvalue weighted by molar-refractivity contribution is 0.0822. The number of hydrogen-bond donors (Lipinski definition) is 1. The molecule has 5 heteroatoms. The lowest BCUT2D eigenvalue weighted by Gasteiger charge is -2.19. The molecule has 0 radical (unpaired) electrons. The van der Waals surface area contributed by atoms with E-state index >= 15 is 0 Å². The third kappa shape index (κ3) is 3.23. The number of amides is 1. The molecule has 0 aliphatic carbocycles. The van der Waals surface area contributed by atoms with E-state index < -0.39 is 0 Å². The molecule has 1 N–H and O–H groups in total. The lowest BCUT2D eigenvalue weighted by Crippen LogP contribution is -2.24. The molecular weight excluding hydrogens is 242 g/mol. The van der Waals surface area contributed by atoms with E-state index in [0.717, 1.165) is 31.6 Å². The molecular formula is C14H21N3O2. The maximum atomic E-state index is 11.9. The molecule has 0 aromatic carbocycles. The average Bonchev–Trinajstić information content (AvgIpc) is 2.87. The number of carbonyl (C=O) groups is 1. The second-order valence-electron chi connectivity index (χ2n) is 5.21. The predicted molar refractivity (Wildman–Crippen MR) is 74.3 cm³/mol. The molecule has 1 atom stereocenters. The number of anilines is 1. The standard InChI is InChI=1S/C14H21N3O2/c1-16(2)14(19)13-9-12(3-6-15-13)17-7-4-11(10-17)5-8-18/h3,6,9,11,18H,4-5,7-8,10H2,1-2H3. The first-order valence-electron chi connectivity index (χ1n) is 6.65. The van der Waals surface area contributed by atoms with Crippen LogP contribution in [0.25, 0.3) is 0 Å². The highest BCUT2D eigenvalue weighted by Crippen LogP contribution is 2.25. The molecule has 0 spiro atoms. The molecule has 1 fully saturated rings. The van der Waals surface area contributed by atoms with Crippen LogP contribution in [-0.4, -0.2) is 54.7 Å². The topological polar surface area (TPSA) is 56.7 Å². The average molecular weight is 263 g/mol. The predicted octanol–water partition coefficient (Wildman–Crippen LogP) is 0.992. The summed E-state index contributed by atoms with van der Waals surface area (Å²) in [5, 5.41) is 8.98. The molecule has 1 amide bonds. The maximum absolute atomic E-state index is 11.9. The number of nitrogens with zero attached hydrogens (tertiary/aromatic N) is 3. The smallest absolute Gasteiger partial charge is 0.272 e. The van der Waals surface area contributed by atoms with E-state index in [9.17, 15) is 4.79 Å². The fraction of sp³-hybridized carbons (Fsp3) is 0.571. The first kappa shape index (κ1) is 13.8. The summed E-state index contributed by atoms with van der Waals surface area (Å²) < 4.78 is 0. The molecule has 19 heavy (non-hydrogen) atoms. The van der Waals surface area contributed by atoms with Crippen LogP contribution < -0.4 is 4.90 Å². The van der Waals surface area contributed by atoms with Gasteiger partial charge in [-0.1, -0.05) is 0 Å². The maximum Gasteiger partial charge on any atom is 0.272 e. The van der Waals surface area contributed by atoms with Crippen LogP contribution in [0, 0.1) is 5.92 Å². The van der Waals surface area contributed by atoms with E-state index in [1.54, 1.807) is 20.3 Å². The van der Waals surface area contributed by atoms with E-state index in [0.29, 0.717) is 11.6 Å². The third-order valence-corrected chi connectivity index (χ3v) is 3.56. The summed E-state index contributed by atoms with van der Waals surface area (Å²) in [5.74, 6) is 0.471. The number of pyridine rings is 1. The molecule has 5 nitrogen and oxygen atoms in total. The van der Waals surface area contributed by atoms with E-state index in [1.165, 1.54) is 4.90 Å². The number of aliphatic hydroxyl groups is 1. The minimum Gasteiger partial charge on any atom is -0.396 e. The Balaban J connectivity index is 2.09. The van der Waals surface area contributed by atoms with E-state index in [4.69, 9.17) is 5.11 Å². The van der Waals surface area contributed by atoms with Crippen molar-refractivity contribution in [3.05, 3.63) is 24.0 Å². The van der Waals surface area contributed by atoms with Gasteiger partial charge in [0.1, 0.15) is 5.69 Å². The largest absolute Gasteiger partial charge is 0.396 e. The molecule has 1 aliphatic rings. The van der Waals surface area contributed by atoms with Crippen LogP contribution in [0.1, 0.15) is 23.3 Å². The number of carbonyl (C=O) groups excluding carboxylic acids is 1. The number of aliphatic hydroxyl groups excluding tert-OH is 1. The molecule has 1 aliphatic heterocycles. The Morgan fingerprint density at radius 1 is 1.58 bits per heavy atom. The van der Waals surface area contributed by atoms with Crippen LogP contribution in [0.3, 0.4) is 0 Å². The van der Waals surface area contributed by atoms with Crippen molar-refractivity contribution < 1.29 is 9.90 Å². The quantitative estimate of drug-likeness (QED) is 0.880. The van der Waals surface area contributed by atoms with E-state index in [2.05, 4.69) is 9.88 Å². The van der Waals surface area contributed by atoms with Crippen LogP contribution in [0.2, 0.25) is 0 Å². The highest BCUT2D eigenvalue weighted by atomic mass is 16.3. The summed E-state index contributed by atoms with van der Waals surface area (Å²) in [6.45, 7) is 2.17. The fourth-order valence-corrected chi connectivity index (χ4v) is 2.45. The molecule has 0 saturated carbocycles. The van der Waals surface area contributed by atoms with Gasteiger partial charge in [-0.25, -0.2) is 0 Å². The summed E-state index contributed by atoms with van der Waals surface area (Å²) in [4.78, 5) is 19.8. The molecule has 2 heterocycles. The molecule has 1 aromatic heterocycles. The third-order valence-electron chi connectivity index (χ3n) is 3.56. The molecule has 1 saturated heterocycles. The second-order valence-corrected chi connectivity index (χ2v) is 5.21. The zero-order chi connectivity index (χ0) is 13.8. The SMILES string of the molecule is CN(C)C(=O)c1cc(N2CCC(CCO)C2)ccn1. The zero-order valence-electron chi connectivity index (χ0n) is 11.5. The van der Waals surface area contributed by atoms with Crippen LogP contribution in [0.5, 0.6) is 0 Å². The minimum absolute atomic E-state index is 0.0760. The number of aromatic nitrogens is 1. The van der Waals surface area contributed by atoms with Crippen LogP contribution >= 0.6 is 0 Å². The van der Waals surface area contributed by atoms with Crippen LogP contribution in [-0.2, 0) is 0 Å². The van der Waals surface area contributed by atoms with Gasteiger partial charge in [-0.2, -0.15) is 0 Å². The minimum atomic E-state index is -0.0760. The van der Waals surface area contributed by atoms with Crippen LogP contribution in [0.4, 0.5) is 5.69 Å². The van der Waals surface area contributed by atoms with Gasteiger partial charge in [0.05, 0.1) is 0 Å². The zero-order valence-corrected chi connectivity index (χ0v) is 11.5. The van der Waals surface area contributed by atoms with Crippen molar-refractivity contribution in [1.82, 2.24) is 9.88 Å². The summed E-state index contributed by atoms with van der Waals surface area (Å²) >= 11 is 0. The second kappa shape index (κ2) is 6.02. The van der Waals surface area contributed by atoms with Crippen molar-refractivity contribution >= 4 is 11.6 Å². The summed E-state index contributed by atoms with van der Waals surface area (Å²) in [7, 11) is 3.45. The summed E-state index contributed by atoms with van der Waals surface area (Å²) in [6, 6.07) is 3.79. The Hall–Kier alpha value is -1.62. The van der Waals surface area contributed by atoms with Crippen molar-refractivity contribution in [1.29, 1.82) is 0 Å². The van der Waals surface area contributed by atoms with Crippen molar-refractivity contribution in [3.63, 3.8) is 0 Å². The van der Waals surface area contributed by atoms with Gasteiger partial charge in [-0.3, -0.25) is 9.78 Å².